The molecule has 0 atom stereocenters. The minimum Gasteiger partial charge on any atom is -0.466 e. The van der Waals surface area contributed by atoms with E-state index in [1.54, 1.807) is 24.3 Å². The molecule has 0 aliphatic heterocycles. The molecule has 0 saturated heterocycles. The van der Waals surface area contributed by atoms with Crippen LogP contribution in [-0.2, 0) is 14.3 Å². The van der Waals surface area contributed by atoms with E-state index in [1.807, 2.05) is 6.07 Å². The first-order chi connectivity index (χ1) is 9.72. The van der Waals surface area contributed by atoms with Crippen LogP contribution in [0.5, 0.6) is 5.75 Å². The van der Waals surface area contributed by atoms with E-state index in [2.05, 4.69) is 6.92 Å². The van der Waals surface area contributed by atoms with Crippen molar-refractivity contribution in [3.05, 3.63) is 30.3 Å². The molecule has 0 heterocycles. The van der Waals surface area contributed by atoms with Crippen LogP contribution in [0.25, 0.3) is 0 Å². The Hall–Kier alpha value is -1.84. The van der Waals surface area contributed by atoms with Gasteiger partial charge < -0.3 is 9.47 Å². The third kappa shape index (κ3) is 7.56. The maximum absolute atomic E-state index is 11.5. The number of hydrogen-bond acceptors (Lipinski definition) is 4. The van der Waals surface area contributed by atoms with Crippen LogP contribution in [0.4, 0.5) is 0 Å². The van der Waals surface area contributed by atoms with Crippen LogP contribution in [0.1, 0.15) is 45.4 Å². The van der Waals surface area contributed by atoms with Crippen molar-refractivity contribution in [3.8, 4) is 5.75 Å². The first-order valence-corrected chi connectivity index (χ1v) is 7.13. The van der Waals surface area contributed by atoms with E-state index in [9.17, 15) is 9.59 Å². The Balaban J connectivity index is 2.10. The third-order valence-corrected chi connectivity index (χ3v) is 2.77. The number of esters is 2. The minimum absolute atomic E-state index is 0.0443. The number of para-hydroxylation sites is 1. The van der Waals surface area contributed by atoms with Gasteiger partial charge in [-0.25, -0.2) is 0 Å². The molecule has 0 fully saturated rings. The second kappa shape index (κ2) is 10.0. The molecule has 4 nitrogen and oxygen atoms in total. The third-order valence-electron chi connectivity index (χ3n) is 2.77. The Labute approximate surface area is 120 Å². The summed E-state index contributed by atoms with van der Waals surface area (Å²) >= 11 is 0. The summed E-state index contributed by atoms with van der Waals surface area (Å²) in [4.78, 5) is 22.9. The molecule has 0 aliphatic carbocycles. The molecule has 20 heavy (non-hydrogen) atoms. The summed E-state index contributed by atoms with van der Waals surface area (Å²) in [5, 5.41) is 0. The number of unbranched alkanes of at least 4 members (excludes halogenated alkanes) is 3. The van der Waals surface area contributed by atoms with Crippen LogP contribution in [-0.4, -0.2) is 18.5 Å². The molecule has 4 heteroatoms. The molecule has 0 aliphatic rings. The molecule has 0 saturated carbocycles. The van der Waals surface area contributed by atoms with Gasteiger partial charge in [0.15, 0.2) is 0 Å². The van der Waals surface area contributed by atoms with Crippen molar-refractivity contribution in [2.45, 2.75) is 45.4 Å². The first kappa shape index (κ1) is 16.2. The molecule has 0 bridgehead atoms. The molecular weight excluding hydrogens is 256 g/mol. The quantitative estimate of drug-likeness (QED) is 0.394. The molecule has 1 aromatic rings. The van der Waals surface area contributed by atoms with Gasteiger partial charge in [0.05, 0.1) is 19.4 Å². The summed E-state index contributed by atoms with van der Waals surface area (Å²) in [5.41, 5.74) is 0. The molecule has 0 amide bonds. The lowest BCUT2D eigenvalue weighted by Gasteiger charge is -2.05. The number of rotatable bonds is 9. The lowest BCUT2D eigenvalue weighted by atomic mass is 10.2. The van der Waals surface area contributed by atoms with Crippen molar-refractivity contribution in [1.82, 2.24) is 0 Å². The molecule has 0 aromatic heterocycles. The first-order valence-electron chi connectivity index (χ1n) is 7.13. The zero-order valence-corrected chi connectivity index (χ0v) is 12.0. The molecule has 0 N–H and O–H groups in total. The van der Waals surface area contributed by atoms with Crippen LogP contribution < -0.4 is 4.74 Å². The van der Waals surface area contributed by atoms with Gasteiger partial charge >= 0.3 is 11.9 Å². The SMILES string of the molecule is CCCCCCOC(=O)CCC(=O)Oc1ccccc1. The Morgan fingerprint density at radius 3 is 2.35 bits per heavy atom. The number of carbonyl (C=O) groups is 2. The van der Waals surface area contributed by atoms with Crippen LogP contribution in [0, 0.1) is 0 Å². The van der Waals surface area contributed by atoms with Gasteiger partial charge in [0, 0.05) is 0 Å². The fourth-order valence-corrected chi connectivity index (χ4v) is 1.66. The smallest absolute Gasteiger partial charge is 0.311 e. The van der Waals surface area contributed by atoms with Crippen molar-refractivity contribution >= 4 is 11.9 Å². The highest BCUT2D eigenvalue weighted by Gasteiger charge is 2.09. The standard InChI is InChI=1S/C16H22O4/c1-2-3-4-8-13-19-15(17)11-12-16(18)20-14-9-6-5-7-10-14/h5-7,9-10H,2-4,8,11-13H2,1H3. The second-order valence-corrected chi connectivity index (χ2v) is 4.57. The highest BCUT2D eigenvalue weighted by Crippen LogP contribution is 2.10. The van der Waals surface area contributed by atoms with Crippen LogP contribution >= 0.6 is 0 Å². The molecule has 0 radical (unpaired) electrons. The lowest BCUT2D eigenvalue weighted by Crippen LogP contribution is -2.12. The average molecular weight is 278 g/mol. The van der Waals surface area contributed by atoms with Gasteiger partial charge in [0.2, 0.25) is 0 Å². The molecule has 0 unspecified atom stereocenters. The van der Waals surface area contributed by atoms with Crippen molar-refractivity contribution in [1.29, 1.82) is 0 Å². The lowest BCUT2D eigenvalue weighted by molar-refractivity contribution is -0.147. The fourth-order valence-electron chi connectivity index (χ4n) is 1.66. The van der Waals surface area contributed by atoms with E-state index in [0.717, 1.165) is 25.7 Å². The highest BCUT2D eigenvalue weighted by atomic mass is 16.5. The van der Waals surface area contributed by atoms with E-state index in [4.69, 9.17) is 9.47 Å². The van der Waals surface area contributed by atoms with Gasteiger partial charge in [-0.2, -0.15) is 0 Å². The fraction of sp³-hybridized carbons (Fsp3) is 0.500. The summed E-state index contributed by atoms with van der Waals surface area (Å²) in [5.74, 6) is -0.268. The monoisotopic (exact) mass is 278 g/mol. The van der Waals surface area contributed by atoms with E-state index in [1.165, 1.54) is 0 Å². The zero-order valence-electron chi connectivity index (χ0n) is 12.0. The number of hydrogen-bond donors (Lipinski definition) is 0. The number of carbonyl (C=O) groups excluding carboxylic acids is 2. The largest absolute Gasteiger partial charge is 0.466 e. The summed E-state index contributed by atoms with van der Waals surface area (Å²) in [6.45, 7) is 2.57. The van der Waals surface area contributed by atoms with Crippen molar-refractivity contribution in [2.75, 3.05) is 6.61 Å². The summed E-state index contributed by atoms with van der Waals surface area (Å²) < 4.78 is 10.1. The maximum atomic E-state index is 11.5. The normalized spacial score (nSPS) is 10.1. The summed E-state index contributed by atoms with van der Waals surface area (Å²) in [6.07, 6.45) is 4.37. The van der Waals surface area contributed by atoms with Gasteiger partial charge in [-0.15, -0.1) is 0 Å². The molecule has 1 aromatic carbocycles. The van der Waals surface area contributed by atoms with Crippen LogP contribution in [0.15, 0.2) is 30.3 Å². The number of benzene rings is 1. The Bertz CT molecular complexity index is 400. The van der Waals surface area contributed by atoms with Gasteiger partial charge in [0.25, 0.3) is 0 Å². The Morgan fingerprint density at radius 2 is 1.65 bits per heavy atom. The van der Waals surface area contributed by atoms with Crippen molar-refractivity contribution < 1.29 is 19.1 Å². The number of ether oxygens (including phenoxy) is 2. The van der Waals surface area contributed by atoms with Crippen molar-refractivity contribution in [2.24, 2.45) is 0 Å². The predicted molar refractivity (Wildman–Crippen MR) is 76.4 cm³/mol. The minimum atomic E-state index is -0.417. The van der Waals surface area contributed by atoms with Gasteiger partial charge in [-0.3, -0.25) is 9.59 Å². The van der Waals surface area contributed by atoms with E-state index < -0.39 is 5.97 Å². The van der Waals surface area contributed by atoms with Gasteiger partial charge in [-0.05, 0) is 18.6 Å². The molecule has 110 valence electrons. The van der Waals surface area contributed by atoms with E-state index in [-0.39, 0.29) is 18.8 Å². The van der Waals surface area contributed by atoms with Gasteiger partial charge in [0.1, 0.15) is 5.75 Å². The van der Waals surface area contributed by atoms with E-state index >= 15 is 0 Å². The Kier molecular flexibility index (Phi) is 8.11. The molecular formula is C16H22O4. The second-order valence-electron chi connectivity index (χ2n) is 4.57. The van der Waals surface area contributed by atoms with Gasteiger partial charge in [-0.1, -0.05) is 44.4 Å². The Morgan fingerprint density at radius 1 is 0.950 bits per heavy atom. The highest BCUT2D eigenvalue weighted by molar-refractivity contribution is 5.78. The summed E-state index contributed by atoms with van der Waals surface area (Å²) in [6, 6.07) is 8.81. The van der Waals surface area contributed by atoms with Crippen LogP contribution in [0.3, 0.4) is 0 Å². The predicted octanol–water partition coefficient (Wildman–Crippen LogP) is 3.50. The molecule has 1 rings (SSSR count). The average Bonchev–Trinajstić information content (AvgIpc) is 2.46. The topological polar surface area (TPSA) is 52.6 Å². The zero-order chi connectivity index (χ0) is 14.6. The van der Waals surface area contributed by atoms with E-state index in [0.29, 0.717) is 12.4 Å². The van der Waals surface area contributed by atoms with Crippen LogP contribution in [0.2, 0.25) is 0 Å². The summed E-state index contributed by atoms with van der Waals surface area (Å²) in [7, 11) is 0. The van der Waals surface area contributed by atoms with Crippen molar-refractivity contribution in [3.63, 3.8) is 0 Å². The molecule has 0 spiro atoms. The maximum Gasteiger partial charge on any atom is 0.311 e.